The van der Waals surface area contributed by atoms with Crippen LogP contribution in [0.3, 0.4) is 0 Å². The molecule has 4 saturated heterocycles. The molecule has 10 nitrogen and oxygen atoms in total. The van der Waals surface area contributed by atoms with E-state index >= 15 is 0 Å². The molecular formula is C52H98B4O10P2S2. The Bertz CT molecular complexity index is 1730. The molecule has 0 spiro atoms. The van der Waals surface area contributed by atoms with Gasteiger partial charge in [0.15, 0.2) is 0 Å². The molecule has 0 bridgehead atoms. The zero-order chi connectivity index (χ0) is 55.2. The SMILES string of the molecule is [B][C@@H]1O[C@H](COP(=O)(S)OC2(C)[C@@H](C(C)(C)C)O[C@@H]([B])[C@H]2C(C)(C)C)C(C(C)(C)C)[C@@H]1C(C)(C)C.[B][C@@H]1O[C@H](COP(O)(=S)OC2(C)[C@@H](C(C)(C)C)O[C@@H]([B])[C@H]2C(C)(C)C)C(C(C)(C)C)[C@@H]1C(C)(C)C. The molecule has 0 aromatic heterocycles. The van der Waals surface area contributed by atoms with E-state index < -0.39 is 54.8 Å². The monoisotopic (exact) mass is 1050 g/mol. The van der Waals surface area contributed by atoms with Crippen molar-refractivity contribution in [2.24, 2.45) is 78.8 Å². The third-order valence-corrected chi connectivity index (χ3v) is 18.7. The lowest BCUT2D eigenvalue weighted by molar-refractivity contribution is -0.0920. The fourth-order valence-electron chi connectivity index (χ4n) is 13.8. The summed E-state index contributed by atoms with van der Waals surface area (Å²) < 4.78 is 63.3. The molecule has 4 aliphatic heterocycles. The van der Waals surface area contributed by atoms with Crippen molar-refractivity contribution < 1.29 is 46.5 Å². The van der Waals surface area contributed by atoms with Gasteiger partial charge in [-0.15, -0.1) is 0 Å². The maximum atomic E-state index is 13.7. The van der Waals surface area contributed by atoms with Crippen LogP contribution < -0.4 is 0 Å². The molecule has 0 aromatic rings. The van der Waals surface area contributed by atoms with E-state index in [1.807, 2.05) is 13.8 Å². The van der Waals surface area contributed by atoms with E-state index in [1.54, 1.807) is 0 Å². The van der Waals surface area contributed by atoms with Gasteiger partial charge in [0.1, 0.15) is 42.6 Å². The summed E-state index contributed by atoms with van der Waals surface area (Å²) in [4.78, 5) is 11.3. The van der Waals surface area contributed by atoms with E-state index in [-0.39, 0.29) is 110 Å². The molecule has 70 heavy (non-hydrogen) atoms. The predicted octanol–water partition coefficient (Wildman–Crippen LogP) is 12.5. The average molecular weight is 1050 g/mol. The molecule has 4 aliphatic rings. The van der Waals surface area contributed by atoms with Crippen LogP contribution in [-0.4, -0.2) is 109 Å². The first-order chi connectivity index (χ1) is 30.6. The summed E-state index contributed by atoms with van der Waals surface area (Å²) in [6.07, 6.45) is -1.41. The van der Waals surface area contributed by atoms with Crippen molar-refractivity contribution in [1.82, 2.24) is 0 Å². The summed E-state index contributed by atoms with van der Waals surface area (Å²) in [7, 11) is 25.9. The third-order valence-electron chi connectivity index (χ3n) is 15.3. The Kier molecular flexibility index (Phi) is 20.0. The zero-order valence-corrected chi connectivity index (χ0v) is 52.2. The van der Waals surface area contributed by atoms with Gasteiger partial charge in [0, 0.05) is 35.8 Å². The van der Waals surface area contributed by atoms with Crippen LogP contribution in [0.5, 0.6) is 0 Å². The normalized spacial score (nSPS) is 39.1. The summed E-state index contributed by atoms with van der Waals surface area (Å²) in [5, 5.41) is 0. The Hall–Kier alpha value is 1.13. The van der Waals surface area contributed by atoms with Gasteiger partial charge in [0.05, 0.1) is 37.6 Å². The highest BCUT2D eigenvalue weighted by molar-refractivity contribution is 8.44. The summed E-state index contributed by atoms with van der Waals surface area (Å²) in [5.74, 6) is 0.0341. The molecule has 4 heterocycles. The van der Waals surface area contributed by atoms with Gasteiger partial charge in [-0.2, -0.15) is 0 Å². The quantitative estimate of drug-likeness (QED) is 0.124. The minimum Gasteiger partial charge on any atom is -0.382 e. The molecule has 0 aliphatic carbocycles. The van der Waals surface area contributed by atoms with E-state index in [1.165, 1.54) is 0 Å². The first-order valence-electron chi connectivity index (χ1n) is 25.6. The molecular weight excluding hydrogens is 954 g/mol. The molecule has 400 valence electrons. The van der Waals surface area contributed by atoms with E-state index in [0.29, 0.717) is 0 Å². The van der Waals surface area contributed by atoms with Crippen LogP contribution in [0.2, 0.25) is 0 Å². The standard InChI is InChI=1S/2C26H49B2O5PS/c2*1-22(2,3)16-15(31-19(27)17(16)23(4,5)6)14-30-34(29,35)33-26(13)18(24(7,8)9)20(28)32-21(26)25(10,11)12/h2*15-21H,14H2,1-13H3,(H,29,35)/t2*15-,16?,17+,18+,19-,20-,21-,26?,34?/m11/s1. The van der Waals surface area contributed by atoms with Crippen molar-refractivity contribution in [3.8, 4) is 0 Å². The van der Waals surface area contributed by atoms with Gasteiger partial charge in [0.25, 0.3) is 0 Å². The van der Waals surface area contributed by atoms with Crippen molar-refractivity contribution in [2.45, 2.75) is 240 Å². The van der Waals surface area contributed by atoms with Gasteiger partial charge in [-0.05, 0) is 92.6 Å². The average Bonchev–Trinajstić information content (AvgIpc) is 3.77. The highest BCUT2D eigenvalue weighted by atomic mass is 32.7. The van der Waals surface area contributed by atoms with Crippen molar-refractivity contribution in [3.05, 3.63) is 0 Å². The van der Waals surface area contributed by atoms with Crippen molar-refractivity contribution in [2.75, 3.05) is 13.2 Å². The molecule has 0 aromatic carbocycles. The van der Waals surface area contributed by atoms with Gasteiger partial charge in [-0.1, -0.05) is 178 Å². The van der Waals surface area contributed by atoms with Gasteiger partial charge in [-0.3, -0.25) is 13.6 Å². The smallest absolute Gasteiger partial charge is 0.382 e. The van der Waals surface area contributed by atoms with Gasteiger partial charge in [0.2, 0.25) is 0 Å². The summed E-state index contributed by atoms with van der Waals surface area (Å²) >= 11 is 10.0. The number of thiol groups is 1. The summed E-state index contributed by atoms with van der Waals surface area (Å²) in [5.41, 5.74) is -3.30. The summed E-state index contributed by atoms with van der Waals surface area (Å²) in [6.45, 7) is 47.8. The van der Waals surface area contributed by atoms with Crippen molar-refractivity contribution in [3.63, 3.8) is 0 Å². The molecule has 1 N–H and O–H groups in total. The lowest BCUT2D eigenvalue weighted by Crippen LogP contribution is -2.52. The molecule has 0 saturated carbocycles. The lowest BCUT2D eigenvalue weighted by atomic mass is 9.59. The molecule has 8 radical (unpaired) electrons. The molecule has 18 atom stereocenters. The second kappa shape index (κ2) is 21.4. The fourth-order valence-corrected chi connectivity index (χ4v) is 17.4. The number of rotatable bonds is 10. The van der Waals surface area contributed by atoms with E-state index in [2.05, 4.69) is 178 Å². The first-order valence-corrected chi connectivity index (χ1v) is 30.9. The minimum atomic E-state index is -3.82. The fraction of sp³-hybridized carbons (Fsp3) is 1.00. The maximum Gasteiger partial charge on any atom is 0.386 e. The highest BCUT2D eigenvalue weighted by Gasteiger charge is 2.64. The van der Waals surface area contributed by atoms with Crippen LogP contribution in [0, 0.1) is 78.8 Å². The van der Waals surface area contributed by atoms with Crippen LogP contribution in [0.1, 0.15) is 180 Å². The third kappa shape index (κ3) is 15.2. The van der Waals surface area contributed by atoms with Crippen LogP contribution in [-0.2, 0) is 53.4 Å². The Labute approximate surface area is 444 Å². The number of hydrogen-bond donors (Lipinski definition) is 2. The van der Waals surface area contributed by atoms with Crippen molar-refractivity contribution >= 4 is 69.0 Å². The maximum absolute atomic E-state index is 13.7. The predicted molar refractivity (Wildman–Crippen MR) is 298 cm³/mol. The van der Waals surface area contributed by atoms with Gasteiger partial charge >= 0.3 is 13.5 Å². The van der Waals surface area contributed by atoms with E-state index in [9.17, 15) is 9.46 Å². The van der Waals surface area contributed by atoms with Crippen molar-refractivity contribution in [1.29, 1.82) is 0 Å². The Balaban J connectivity index is 0.000000370. The van der Waals surface area contributed by atoms with Gasteiger partial charge in [-0.25, -0.2) is 4.57 Å². The van der Waals surface area contributed by atoms with Crippen LogP contribution in [0.4, 0.5) is 0 Å². The molecule has 18 heteroatoms. The number of hydrogen-bond acceptors (Lipinski definition) is 10. The second-order valence-electron chi connectivity index (χ2n) is 30.3. The Morgan fingerprint density at radius 1 is 0.471 bits per heavy atom. The zero-order valence-electron chi connectivity index (χ0n) is 48.7. The van der Waals surface area contributed by atoms with Crippen LogP contribution in [0.25, 0.3) is 0 Å². The van der Waals surface area contributed by atoms with E-state index in [0.717, 1.165) is 0 Å². The summed E-state index contributed by atoms with van der Waals surface area (Å²) in [6, 6.07) is -1.96. The van der Waals surface area contributed by atoms with E-state index in [4.69, 9.17) is 80.2 Å². The largest absolute Gasteiger partial charge is 0.386 e. The Morgan fingerprint density at radius 3 is 1.03 bits per heavy atom. The topological polar surface area (TPSA) is 111 Å². The number of ether oxygens (including phenoxy) is 4. The Morgan fingerprint density at radius 2 is 0.757 bits per heavy atom. The van der Waals surface area contributed by atoms with Crippen LogP contribution in [0.15, 0.2) is 0 Å². The molecule has 4 rings (SSSR count). The molecule has 0 amide bonds. The molecule has 6 unspecified atom stereocenters. The minimum absolute atomic E-state index is 0.0489. The van der Waals surface area contributed by atoms with Gasteiger partial charge < -0.3 is 28.4 Å². The molecule has 4 fully saturated rings. The first kappa shape index (κ1) is 65.4. The van der Waals surface area contributed by atoms with Crippen LogP contribution >= 0.6 is 25.8 Å². The lowest BCUT2D eigenvalue weighted by Gasteiger charge is -2.46. The second-order valence-corrected chi connectivity index (χ2v) is 35.9. The highest BCUT2D eigenvalue weighted by Crippen LogP contribution is 2.65.